The number of halogens is 2. The van der Waals surface area contributed by atoms with Gasteiger partial charge in [0.15, 0.2) is 17.7 Å². The molecule has 1 aliphatic carbocycles. The number of likely N-dealkylation sites (N-methyl/N-ethyl adjacent to an activating group) is 1. The van der Waals surface area contributed by atoms with Crippen molar-refractivity contribution in [2.45, 2.75) is 44.9 Å². The number of carboxylic acids is 1. The van der Waals surface area contributed by atoms with Crippen molar-refractivity contribution in [3.8, 4) is 5.75 Å². The van der Waals surface area contributed by atoms with Gasteiger partial charge in [0, 0.05) is 18.2 Å². The van der Waals surface area contributed by atoms with Crippen molar-refractivity contribution >= 4 is 11.9 Å². The van der Waals surface area contributed by atoms with Crippen molar-refractivity contribution in [1.82, 2.24) is 10.2 Å². The summed E-state index contributed by atoms with van der Waals surface area (Å²) in [6.45, 7) is 4.03. The molecule has 0 radical (unpaired) electrons. The van der Waals surface area contributed by atoms with Crippen LogP contribution in [0.1, 0.15) is 26.7 Å². The number of benzene rings is 1. The van der Waals surface area contributed by atoms with E-state index in [1.54, 1.807) is 0 Å². The van der Waals surface area contributed by atoms with Gasteiger partial charge in [-0.1, -0.05) is 6.92 Å². The number of carbonyl (C=O) groups is 2. The van der Waals surface area contributed by atoms with E-state index in [9.17, 15) is 18.4 Å². The monoisotopic (exact) mass is 356 g/mol. The van der Waals surface area contributed by atoms with Crippen LogP contribution in [-0.2, 0) is 9.59 Å². The maximum atomic E-state index is 13.1. The third-order valence-corrected chi connectivity index (χ3v) is 4.29. The van der Waals surface area contributed by atoms with Crippen molar-refractivity contribution in [3.63, 3.8) is 0 Å². The lowest BCUT2D eigenvalue weighted by atomic mass is 9.85. The Bertz CT molecular complexity index is 635. The molecule has 0 saturated heterocycles. The van der Waals surface area contributed by atoms with Crippen molar-refractivity contribution < 1.29 is 28.2 Å². The minimum absolute atomic E-state index is 0.0164. The fourth-order valence-corrected chi connectivity index (χ4v) is 2.80. The average molecular weight is 356 g/mol. The molecule has 1 aliphatic rings. The Kier molecular flexibility index (Phi) is 6.30. The number of carbonyl (C=O) groups excluding carboxylic acids is 1. The Morgan fingerprint density at radius 3 is 2.60 bits per heavy atom. The quantitative estimate of drug-likeness (QED) is 0.742. The molecule has 1 aromatic rings. The molecule has 8 heteroatoms. The first-order valence-electron chi connectivity index (χ1n) is 8.18. The molecular formula is C17H22F2N2O4. The van der Waals surface area contributed by atoms with E-state index in [2.05, 4.69) is 5.32 Å². The highest BCUT2D eigenvalue weighted by Crippen LogP contribution is 2.26. The predicted octanol–water partition coefficient (Wildman–Crippen LogP) is 1.79. The number of nitrogens with zero attached hydrogens (tertiary/aromatic N) is 1. The molecule has 2 N–H and O–H groups in total. The molecule has 25 heavy (non-hydrogen) atoms. The number of hydrogen-bond donors (Lipinski definition) is 2. The summed E-state index contributed by atoms with van der Waals surface area (Å²) in [5.41, 5.74) is 0. The largest absolute Gasteiger partial charge is 0.481 e. The van der Waals surface area contributed by atoms with Crippen LogP contribution in [0.2, 0.25) is 0 Å². The molecule has 138 valence electrons. The summed E-state index contributed by atoms with van der Waals surface area (Å²) in [4.78, 5) is 24.8. The molecule has 0 bridgehead atoms. The first kappa shape index (κ1) is 19.1. The second kappa shape index (κ2) is 8.24. The zero-order chi connectivity index (χ0) is 18.6. The van der Waals surface area contributed by atoms with Crippen LogP contribution in [0.15, 0.2) is 18.2 Å². The van der Waals surface area contributed by atoms with Crippen LogP contribution >= 0.6 is 0 Å². The number of ether oxygens (including phenoxy) is 1. The molecule has 0 aliphatic heterocycles. The van der Waals surface area contributed by atoms with Gasteiger partial charge in [-0.05, 0) is 38.4 Å². The SMILES string of the molecule is CCN(CC(=O)O)C1CC(NC(=O)C(C)Oc2ccc(F)c(F)c2)C1. The van der Waals surface area contributed by atoms with E-state index in [0.29, 0.717) is 19.4 Å². The topological polar surface area (TPSA) is 78.9 Å². The number of hydrogen-bond acceptors (Lipinski definition) is 4. The van der Waals surface area contributed by atoms with E-state index in [1.165, 1.54) is 13.0 Å². The van der Waals surface area contributed by atoms with Crippen LogP contribution in [0.25, 0.3) is 0 Å². The van der Waals surface area contributed by atoms with E-state index < -0.39 is 23.7 Å². The summed E-state index contributed by atoms with van der Waals surface area (Å²) in [5.74, 6) is -3.17. The molecule has 1 atom stereocenters. The molecule has 1 unspecified atom stereocenters. The van der Waals surface area contributed by atoms with Crippen LogP contribution in [0.3, 0.4) is 0 Å². The van der Waals surface area contributed by atoms with Gasteiger partial charge in [0.2, 0.25) is 0 Å². The van der Waals surface area contributed by atoms with E-state index in [4.69, 9.17) is 9.84 Å². The summed E-state index contributed by atoms with van der Waals surface area (Å²) in [6, 6.07) is 3.18. The lowest BCUT2D eigenvalue weighted by molar-refractivity contribution is -0.140. The van der Waals surface area contributed by atoms with Gasteiger partial charge in [-0.2, -0.15) is 0 Å². The number of rotatable bonds is 8. The number of aliphatic carboxylic acids is 1. The first-order chi connectivity index (χ1) is 11.8. The Morgan fingerprint density at radius 1 is 1.36 bits per heavy atom. The van der Waals surface area contributed by atoms with Gasteiger partial charge in [-0.15, -0.1) is 0 Å². The molecule has 2 rings (SSSR count). The molecule has 1 fully saturated rings. The van der Waals surface area contributed by atoms with E-state index in [1.807, 2.05) is 11.8 Å². The van der Waals surface area contributed by atoms with Crippen molar-refractivity contribution in [2.75, 3.05) is 13.1 Å². The van der Waals surface area contributed by atoms with E-state index in [-0.39, 0.29) is 30.3 Å². The van der Waals surface area contributed by atoms with Gasteiger partial charge < -0.3 is 15.2 Å². The highest BCUT2D eigenvalue weighted by Gasteiger charge is 2.35. The maximum Gasteiger partial charge on any atom is 0.317 e. The van der Waals surface area contributed by atoms with Crippen molar-refractivity contribution in [1.29, 1.82) is 0 Å². The number of amides is 1. The molecule has 0 spiro atoms. The number of carboxylic acid groups (broad SMARTS) is 1. The highest BCUT2D eigenvalue weighted by atomic mass is 19.2. The summed E-state index contributed by atoms with van der Waals surface area (Å²) in [6.07, 6.45) is 0.486. The van der Waals surface area contributed by atoms with Crippen molar-refractivity contribution in [2.24, 2.45) is 0 Å². The van der Waals surface area contributed by atoms with Gasteiger partial charge >= 0.3 is 5.97 Å². The molecular weight excluding hydrogens is 334 g/mol. The van der Waals surface area contributed by atoms with Gasteiger partial charge in [0.25, 0.3) is 5.91 Å². The summed E-state index contributed by atoms with van der Waals surface area (Å²) < 4.78 is 31.3. The lowest BCUT2D eigenvalue weighted by Gasteiger charge is -2.42. The van der Waals surface area contributed by atoms with Crippen molar-refractivity contribution in [3.05, 3.63) is 29.8 Å². The Hall–Kier alpha value is -2.22. The molecule has 6 nitrogen and oxygen atoms in total. The summed E-state index contributed by atoms with van der Waals surface area (Å²) >= 11 is 0. The van der Waals surface area contributed by atoms with Crippen LogP contribution in [-0.4, -0.2) is 53.2 Å². The Balaban J connectivity index is 1.78. The van der Waals surface area contributed by atoms with Gasteiger partial charge in [0.05, 0.1) is 6.54 Å². The van der Waals surface area contributed by atoms with Crippen LogP contribution < -0.4 is 10.1 Å². The highest BCUT2D eigenvalue weighted by molar-refractivity contribution is 5.81. The minimum atomic E-state index is -1.04. The van der Waals surface area contributed by atoms with Crippen LogP contribution in [0.4, 0.5) is 8.78 Å². The second-order valence-corrected chi connectivity index (χ2v) is 6.12. The standard InChI is InChI=1S/C17H22F2N2O4/c1-3-21(9-16(22)23)12-6-11(7-12)20-17(24)10(2)25-13-4-5-14(18)15(19)8-13/h4-5,8,10-12H,3,6-7,9H2,1-2H3,(H,20,24)(H,22,23). The minimum Gasteiger partial charge on any atom is -0.481 e. The third kappa shape index (κ3) is 5.12. The molecule has 1 saturated carbocycles. The Morgan fingerprint density at radius 2 is 2.04 bits per heavy atom. The fourth-order valence-electron chi connectivity index (χ4n) is 2.80. The Labute approximate surface area is 144 Å². The third-order valence-electron chi connectivity index (χ3n) is 4.29. The van der Waals surface area contributed by atoms with Crippen LogP contribution in [0.5, 0.6) is 5.75 Å². The normalized spacial score (nSPS) is 20.7. The first-order valence-corrected chi connectivity index (χ1v) is 8.18. The maximum absolute atomic E-state index is 13.1. The predicted molar refractivity (Wildman–Crippen MR) is 86.3 cm³/mol. The molecule has 1 amide bonds. The van der Waals surface area contributed by atoms with Gasteiger partial charge in [-0.3, -0.25) is 14.5 Å². The zero-order valence-corrected chi connectivity index (χ0v) is 14.2. The molecule has 0 heterocycles. The summed E-state index contributed by atoms with van der Waals surface area (Å²) in [5, 5.41) is 11.7. The summed E-state index contributed by atoms with van der Waals surface area (Å²) in [7, 11) is 0. The molecule has 0 aromatic heterocycles. The average Bonchev–Trinajstić information content (AvgIpc) is 2.51. The number of nitrogens with one attached hydrogen (secondary N) is 1. The van der Waals surface area contributed by atoms with Gasteiger partial charge in [-0.25, -0.2) is 8.78 Å². The smallest absolute Gasteiger partial charge is 0.317 e. The fraction of sp³-hybridized carbons (Fsp3) is 0.529. The van der Waals surface area contributed by atoms with Gasteiger partial charge in [0.1, 0.15) is 5.75 Å². The lowest BCUT2D eigenvalue weighted by Crippen LogP contribution is -2.56. The van der Waals surface area contributed by atoms with E-state index in [0.717, 1.165) is 12.1 Å². The van der Waals surface area contributed by atoms with E-state index >= 15 is 0 Å². The zero-order valence-electron chi connectivity index (χ0n) is 14.2. The second-order valence-electron chi connectivity index (χ2n) is 6.12. The molecule has 1 aromatic carbocycles. The van der Waals surface area contributed by atoms with Crippen LogP contribution in [0, 0.1) is 11.6 Å².